The summed E-state index contributed by atoms with van der Waals surface area (Å²) < 4.78 is 106. The van der Waals surface area contributed by atoms with Crippen molar-refractivity contribution in [1.82, 2.24) is 0 Å². The van der Waals surface area contributed by atoms with E-state index in [-0.39, 0.29) is 22.4 Å². The van der Waals surface area contributed by atoms with Crippen LogP contribution in [0, 0.1) is 31.0 Å². The lowest BCUT2D eigenvalue weighted by Crippen LogP contribution is -2.50. The van der Waals surface area contributed by atoms with Crippen LogP contribution in [-0.2, 0) is 5.67 Å². The van der Waals surface area contributed by atoms with Gasteiger partial charge < -0.3 is 5.32 Å². The molecule has 3 nitrogen and oxygen atoms in total. The van der Waals surface area contributed by atoms with E-state index >= 15 is 0 Å². The molecule has 0 saturated carbocycles. The van der Waals surface area contributed by atoms with Crippen molar-refractivity contribution in [3.63, 3.8) is 0 Å². The molecule has 0 spiro atoms. The minimum Gasteiger partial charge on any atom is -0.321 e. The van der Waals surface area contributed by atoms with Gasteiger partial charge in [0.1, 0.15) is 5.82 Å². The molecule has 0 unspecified atom stereocenters. The third-order valence-corrected chi connectivity index (χ3v) is 4.29. The Bertz CT molecular complexity index is 997. The number of nitriles is 1. The number of aryl methyl sites for hydroxylation is 2. The SMILES string of the molecule is Cc1cc(C(F)(C(F)(F)F)C(F)(F)F)cc(C)c1NC(=O)c1ccc(C#N)cc1F. The van der Waals surface area contributed by atoms with Crippen LogP contribution >= 0.6 is 0 Å². The summed E-state index contributed by atoms with van der Waals surface area (Å²) >= 11 is 0. The van der Waals surface area contributed by atoms with E-state index in [0.29, 0.717) is 12.1 Å². The molecule has 0 aromatic heterocycles. The van der Waals surface area contributed by atoms with Crippen molar-refractivity contribution in [2.75, 3.05) is 5.32 Å². The number of hydrogen-bond acceptors (Lipinski definition) is 2. The van der Waals surface area contributed by atoms with E-state index in [4.69, 9.17) is 5.26 Å². The maximum Gasteiger partial charge on any atom is 0.435 e. The number of benzene rings is 2. The van der Waals surface area contributed by atoms with Crippen LogP contribution in [0.25, 0.3) is 0 Å². The third-order valence-electron chi connectivity index (χ3n) is 4.29. The molecule has 1 N–H and O–H groups in total. The lowest BCUT2D eigenvalue weighted by atomic mass is 9.90. The molecule has 0 aliphatic carbocycles. The number of amides is 1. The van der Waals surface area contributed by atoms with E-state index in [0.717, 1.165) is 32.0 Å². The molecule has 0 aliphatic heterocycles. The highest BCUT2D eigenvalue weighted by molar-refractivity contribution is 6.05. The zero-order chi connectivity index (χ0) is 23.1. The molecule has 1 amide bonds. The van der Waals surface area contributed by atoms with Crippen LogP contribution in [0.15, 0.2) is 30.3 Å². The maximum atomic E-state index is 14.3. The number of alkyl halides is 7. The van der Waals surface area contributed by atoms with Gasteiger partial charge in [-0.1, -0.05) is 12.1 Å². The van der Waals surface area contributed by atoms with Crippen molar-refractivity contribution in [3.8, 4) is 6.07 Å². The zero-order valence-electron chi connectivity index (χ0n) is 15.3. The Balaban J connectivity index is 2.49. The van der Waals surface area contributed by atoms with Gasteiger partial charge in [0.05, 0.1) is 17.2 Å². The molecule has 30 heavy (non-hydrogen) atoms. The van der Waals surface area contributed by atoms with Gasteiger partial charge in [-0.25, -0.2) is 8.78 Å². The summed E-state index contributed by atoms with van der Waals surface area (Å²) in [7, 11) is 0. The molecule has 0 heterocycles. The highest BCUT2D eigenvalue weighted by Crippen LogP contribution is 2.53. The lowest BCUT2D eigenvalue weighted by Gasteiger charge is -2.31. The number of anilines is 1. The quantitative estimate of drug-likeness (QED) is 0.614. The molecule has 2 aromatic carbocycles. The zero-order valence-corrected chi connectivity index (χ0v) is 15.3. The fourth-order valence-electron chi connectivity index (χ4n) is 2.80. The molecule has 160 valence electrons. The molecule has 0 fully saturated rings. The van der Waals surface area contributed by atoms with Crippen molar-refractivity contribution in [1.29, 1.82) is 5.26 Å². The van der Waals surface area contributed by atoms with Crippen LogP contribution in [0.4, 0.5) is 40.8 Å². The van der Waals surface area contributed by atoms with Crippen molar-refractivity contribution in [3.05, 3.63) is 64.0 Å². The van der Waals surface area contributed by atoms with E-state index < -0.39 is 40.9 Å². The summed E-state index contributed by atoms with van der Waals surface area (Å²) in [5.74, 6) is -2.12. The summed E-state index contributed by atoms with van der Waals surface area (Å²) in [6, 6.07) is 5.20. The van der Waals surface area contributed by atoms with Gasteiger partial charge in [-0.05, 0) is 43.2 Å². The van der Waals surface area contributed by atoms with Crippen molar-refractivity contribution >= 4 is 11.6 Å². The summed E-state index contributed by atoms with van der Waals surface area (Å²) in [6.45, 7) is 2.13. The predicted molar refractivity (Wildman–Crippen MR) is 89.9 cm³/mol. The van der Waals surface area contributed by atoms with Gasteiger partial charge in [0.2, 0.25) is 0 Å². The number of carbonyl (C=O) groups is 1. The normalized spacial score (nSPS) is 12.4. The molecule has 11 heteroatoms. The number of hydrogen-bond donors (Lipinski definition) is 1. The summed E-state index contributed by atoms with van der Waals surface area (Å²) in [4.78, 5) is 12.3. The number of rotatable bonds is 3. The van der Waals surface area contributed by atoms with Crippen LogP contribution in [-0.4, -0.2) is 18.3 Å². The van der Waals surface area contributed by atoms with E-state index in [1.165, 1.54) is 0 Å². The Morgan fingerprint density at radius 3 is 1.83 bits per heavy atom. The smallest absolute Gasteiger partial charge is 0.321 e. The third kappa shape index (κ3) is 3.94. The first-order valence-corrected chi connectivity index (χ1v) is 8.08. The molecule has 0 saturated heterocycles. The van der Waals surface area contributed by atoms with Crippen LogP contribution in [0.2, 0.25) is 0 Å². The largest absolute Gasteiger partial charge is 0.435 e. The van der Waals surface area contributed by atoms with Crippen LogP contribution in [0.1, 0.15) is 32.6 Å². The first kappa shape index (κ1) is 23.1. The Morgan fingerprint density at radius 1 is 0.933 bits per heavy atom. The van der Waals surface area contributed by atoms with Gasteiger partial charge in [-0.15, -0.1) is 0 Å². The molecule has 0 radical (unpaired) electrons. The average Bonchev–Trinajstić information content (AvgIpc) is 2.61. The summed E-state index contributed by atoms with van der Waals surface area (Å²) in [6.07, 6.45) is -12.6. The van der Waals surface area contributed by atoms with Gasteiger partial charge in [-0.3, -0.25) is 4.79 Å². The second-order valence-electron chi connectivity index (χ2n) is 6.40. The second kappa shape index (κ2) is 7.59. The minimum absolute atomic E-state index is 0.0700. The molecule has 2 aromatic rings. The first-order chi connectivity index (χ1) is 13.6. The molecule has 0 bridgehead atoms. The standard InChI is InChI=1S/C19H12F8N2O/c1-9-5-12(17(21,18(22,23)24)19(25,26)27)6-10(2)15(9)29-16(30)13-4-3-11(8-28)7-14(13)20/h3-7H,1-2H3,(H,29,30). The fraction of sp³-hybridized carbons (Fsp3) is 0.263. The molecular formula is C19H12F8N2O. The average molecular weight is 436 g/mol. The number of nitrogens with zero attached hydrogens (tertiary/aromatic N) is 1. The fourth-order valence-corrected chi connectivity index (χ4v) is 2.80. The molecule has 0 atom stereocenters. The topological polar surface area (TPSA) is 52.9 Å². The van der Waals surface area contributed by atoms with E-state index in [1.54, 1.807) is 6.07 Å². The summed E-state index contributed by atoms with van der Waals surface area (Å²) in [5, 5.41) is 10.9. The van der Waals surface area contributed by atoms with Crippen molar-refractivity contribution in [2.24, 2.45) is 0 Å². The van der Waals surface area contributed by atoms with Gasteiger partial charge in [0, 0.05) is 11.3 Å². The Labute approximate surface area is 164 Å². The number of halogens is 8. The van der Waals surface area contributed by atoms with Crippen molar-refractivity contribution < 1.29 is 39.9 Å². The number of nitrogens with one attached hydrogen (secondary N) is 1. The van der Waals surface area contributed by atoms with Gasteiger partial charge in [0.15, 0.2) is 0 Å². The molecular weight excluding hydrogens is 424 g/mol. The lowest BCUT2D eigenvalue weighted by molar-refractivity contribution is -0.348. The summed E-state index contributed by atoms with van der Waals surface area (Å²) in [5.41, 5.74) is -8.70. The monoisotopic (exact) mass is 436 g/mol. The second-order valence-corrected chi connectivity index (χ2v) is 6.40. The Kier molecular flexibility index (Phi) is 5.85. The number of carbonyl (C=O) groups excluding carboxylic acids is 1. The maximum absolute atomic E-state index is 14.3. The van der Waals surface area contributed by atoms with Crippen molar-refractivity contribution in [2.45, 2.75) is 31.9 Å². The van der Waals surface area contributed by atoms with Crippen LogP contribution < -0.4 is 5.32 Å². The predicted octanol–water partition coefficient (Wildman–Crippen LogP) is 5.86. The van der Waals surface area contributed by atoms with E-state index in [1.807, 2.05) is 0 Å². The highest BCUT2D eigenvalue weighted by Gasteiger charge is 2.73. The van der Waals surface area contributed by atoms with E-state index in [9.17, 15) is 39.9 Å². The minimum atomic E-state index is -6.28. The molecule has 0 aliphatic rings. The van der Waals surface area contributed by atoms with Gasteiger partial charge in [0.25, 0.3) is 5.91 Å². The highest BCUT2D eigenvalue weighted by atomic mass is 19.4. The molecule has 2 rings (SSSR count). The van der Waals surface area contributed by atoms with E-state index in [2.05, 4.69) is 5.32 Å². The van der Waals surface area contributed by atoms with Gasteiger partial charge in [-0.2, -0.15) is 31.6 Å². The van der Waals surface area contributed by atoms with Crippen LogP contribution in [0.3, 0.4) is 0 Å². The first-order valence-electron chi connectivity index (χ1n) is 8.08. The Morgan fingerprint density at radius 2 is 1.43 bits per heavy atom. The Hall–Kier alpha value is -3.16. The van der Waals surface area contributed by atoms with Crippen LogP contribution in [0.5, 0.6) is 0 Å². The van der Waals surface area contributed by atoms with Gasteiger partial charge >= 0.3 is 18.0 Å².